The number of carbonyl (C=O) groups excluding carboxylic acids is 3. The summed E-state index contributed by atoms with van der Waals surface area (Å²) in [5.74, 6) is -1.99. The van der Waals surface area contributed by atoms with Gasteiger partial charge in [0.1, 0.15) is 5.41 Å². The molecular formula is C23H22BrNO4. The van der Waals surface area contributed by atoms with Crippen LogP contribution in [-0.4, -0.2) is 24.4 Å². The molecule has 1 aliphatic carbocycles. The van der Waals surface area contributed by atoms with Gasteiger partial charge in [0.2, 0.25) is 11.8 Å². The number of anilines is 1. The van der Waals surface area contributed by atoms with E-state index in [0.717, 1.165) is 15.6 Å². The lowest BCUT2D eigenvalue weighted by Crippen LogP contribution is -2.45. The molecule has 0 bridgehead atoms. The first-order valence-corrected chi connectivity index (χ1v) is 10.4. The van der Waals surface area contributed by atoms with E-state index in [1.54, 1.807) is 26.0 Å². The Morgan fingerprint density at radius 3 is 2.17 bits per heavy atom. The van der Waals surface area contributed by atoms with Crippen molar-refractivity contribution in [3.63, 3.8) is 0 Å². The summed E-state index contributed by atoms with van der Waals surface area (Å²) in [5, 5.41) is 0. The first kappa shape index (κ1) is 19.8. The van der Waals surface area contributed by atoms with Gasteiger partial charge in [-0.15, -0.1) is 0 Å². The zero-order valence-corrected chi connectivity index (χ0v) is 18.4. The van der Waals surface area contributed by atoms with Gasteiger partial charge >= 0.3 is 5.97 Å². The molecule has 1 saturated heterocycles. The smallest absolute Gasteiger partial charge is 0.318 e. The largest absolute Gasteiger partial charge is 0.465 e. The minimum absolute atomic E-state index is 0.184. The van der Waals surface area contributed by atoms with E-state index in [9.17, 15) is 14.4 Å². The second kappa shape index (κ2) is 6.52. The van der Waals surface area contributed by atoms with Crippen LogP contribution < -0.4 is 4.90 Å². The number of aryl methyl sites for hydroxylation is 2. The molecule has 6 heteroatoms. The van der Waals surface area contributed by atoms with Crippen molar-refractivity contribution in [1.29, 1.82) is 0 Å². The van der Waals surface area contributed by atoms with E-state index in [-0.39, 0.29) is 18.4 Å². The number of esters is 1. The molecular weight excluding hydrogens is 434 g/mol. The maximum atomic E-state index is 13.6. The number of benzene rings is 2. The van der Waals surface area contributed by atoms with E-state index in [4.69, 9.17) is 4.74 Å². The van der Waals surface area contributed by atoms with Crippen LogP contribution in [0.2, 0.25) is 0 Å². The Labute approximate surface area is 178 Å². The predicted molar refractivity (Wildman–Crippen MR) is 112 cm³/mol. The van der Waals surface area contributed by atoms with Crippen molar-refractivity contribution in [3.8, 4) is 0 Å². The van der Waals surface area contributed by atoms with Gasteiger partial charge in [-0.2, -0.15) is 0 Å². The Hall–Kier alpha value is -2.47. The maximum absolute atomic E-state index is 13.6. The van der Waals surface area contributed by atoms with Crippen LogP contribution in [0, 0.1) is 25.2 Å². The first-order chi connectivity index (χ1) is 13.7. The van der Waals surface area contributed by atoms with Crippen molar-refractivity contribution in [3.05, 3.63) is 63.6 Å². The molecule has 1 heterocycles. The van der Waals surface area contributed by atoms with Gasteiger partial charge in [0.25, 0.3) is 0 Å². The van der Waals surface area contributed by atoms with Crippen LogP contribution in [0.1, 0.15) is 30.5 Å². The molecule has 0 spiro atoms. The predicted octanol–water partition coefficient (Wildman–Crippen LogP) is 4.08. The Morgan fingerprint density at radius 2 is 1.69 bits per heavy atom. The molecule has 2 aromatic carbocycles. The van der Waals surface area contributed by atoms with Gasteiger partial charge in [-0.1, -0.05) is 34.1 Å². The van der Waals surface area contributed by atoms with Crippen LogP contribution in [0.5, 0.6) is 0 Å². The van der Waals surface area contributed by atoms with Crippen molar-refractivity contribution in [2.24, 2.45) is 11.3 Å². The summed E-state index contributed by atoms with van der Waals surface area (Å²) in [5.41, 5.74) is 0.675. The van der Waals surface area contributed by atoms with Crippen LogP contribution in [0.3, 0.4) is 0 Å². The van der Waals surface area contributed by atoms with Gasteiger partial charge in [-0.3, -0.25) is 14.4 Å². The van der Waals surface area contributed by atoms with Crippen LogP contribution >= 0.6 is 15.9 Å². The number of imide groups is 1. The highest BCUT2D eigenvalue weighted by Gasteiger charge is 2.90. The molecule has 5 nitrogen and oxygen atoms in total. The van der Waals surface area contributed by atoms with E-state index < -0.39 is 22.7 Å². The van der Waals surface area contributed by atoms with E-state index in [0.29, 0.717) is 11.3 Å². The summed E-state index contributed by atoms with van der Waals surface area (Å²) in [6, 6.07) is 12.8. The summed E-state index contributed by atoms with van der Waals surface area (Å²) in [6.07, 6.45) is 0. The summed E-state index contributed by atoms with van der Waals surface area (Å²) < 4.78 is 6.21. The molecule has 29 heavy (non-hydrogen) atoms. The van der Waals surface area contributed by atoms with Gasteiger partial charge in [0.15, 0.2) is 0 Å². The van der Waals surface area contributed by atoms with E-state index >= 15 is 0 Å². The lowest BCUT2D eigenvalue weighted by molar-refractivity contribution is -0.150. The molecule has 2 amide bonds. The van der Waals surface area contributed by atoms with Crippen LogP contribution in [-0.2, 0) is 24.5 Å². The zero-order chi connectivity index (χ0) is 21.1. The average Bonchev–Trinajstić information content (AvgIpc) is 3.17. The van der Waals surface area contributed by atoms with Crippen molar-refractivity contribution in [2.45, 2.75) is 33.1 Å². The molecule has 1 aliphatic heterocycles. The Morgan fingerprint density at radius 1 is 1.10 bits per heavy atom. The zero-order valence-electron chi connectivity index (χ0n) is 16.8. The summed E-state index contributed by atoms with van der Waals surface area (Å²) in [6.45, 7) is 7.46. The molecule has 3 atom stereocenters. The third-order valence-electron chi connectivity index (χ3n) is 6.22. The van der Waals surface area contributed by atoms with Crippen LogP contribution in [0.15, 0.2) is 46.9 Å². The van der Waals surface area contributed by atoms with Crippen molar-refractivity contribution in [1.82, 2.24) is 0 Å². The minimum Gasteiger partial charge on any atom is -0.465 e. The van der Waals surface area contributed by atoms with Crippen molar-refractivity contribution < 1.29 is 19.1 Å². The number of ether oxygens (including phenoxy) is 1. The number of amides is 2. The molecule has 1 saturated carbocycles. The van der Waals surface area contributed by atoms with E-state index in [1.165, 1.54) is 4.90 Å². The lowest BCUT2D eigenvalue weighted by atomic mass is 9.84. The van der Waals surface area contributed by atoms with Gasteiger partial charge in [0.05, 0.1) is 23.6 Å². The summed E-state index contributed by atoms with van der Waals surface area (Å²) in [4.78, 5) is 41.3. The van der Waals surface area contributed by atoms with E-state index in [2.05, 4.69) is 15.9 Å². The number of fused-ring (bicyclic) bond motifs is 1. The number of hydrogen-bond donors (Lipinski definition) is 0. The van der Waals surface area contributed by atoms with Crippen LogP contribution in [0.25, 0.3) is 0 Å². The summed E-state index contributed by atoms with van der Waals surface area (Å²) >= 11 is 3.39. The molecule has 2 aromatic rings. The Balaban J connectivity index is 1.83. The molecule has 2 fully saturated rings. The number of rotatable bonds is 4. The van der Waals surface area contributed by atoms with E-state index in [1.807, 2.05) is 44.2 Å². The van der Waals surface area contributed by atoms with Crippen LogP contribution in [0.4, 0.5) is 5.69 Å². The highest BCUT2D eigenvalue weighted by Crippen LogP contribution is 2.74. The number of piperidine rings is 1. The van der Waals surface area contributed by atoms with Gasteiger partial charge in [-0.25, -0.2) is 4.90 Å². The number of nitrogens with zero attached hydrogens (tertiary/aromatic N) is 1. The van der Waals surface area contributed by atoms with Crippen molar-refractivity contribution in [2.75, 3.05) is 11.5 Å². The molecule has 0 radical (unpaired) electrons. The molecule has 0 N–H and O–H groups in total. The number of halogens is 1. The Bertz CT molecular complexity index is 1030. The van der Waals surface area contributed by atoms with Gasteiger partial charge in [-0.05, 0) is 68.7 Å². The lowest BCUT2D eigenvalue weighted by Gasteiger charge is -2.28. The molecule has 1 unspecified atom stereocenters. The topological polar surface area (TPSA) is 63.7 Å². The number of carbonyl (C=O) groups is 3. The van der Waals surface area contributed by atoms with Crippen molar-refractivity contribution >= 4 is 39.4 Å². The molecule has 4 rings (SSSR count). The molecule has 0 aromatic heterocycles. The minimum atomic E-state index is -1.28. The fourth-order valence-corrected chi connectivity index (χ4v) is 5.27. The highest BCUT2D eigenvalue weighted by atomic mass is 79.9. The average molecular weight is 456 g/mol. The van der Waals surface area contributed by atoms with Gasteiger partial charge < -0.3 is 4.74 Å². The normalized spacial score (nSPS) is 27.8. The number of hydrogen-bond acceptors (Lipinski definition) is 4. The monoisotopic (exact) mass is 455 g/mol. The standard InChI is InChI=1S/C23H22BrNO4/c1-5-29-21(28)23(15-6-8-16(24)9-7-15)18-19(26)25(20(27)22(18,23)4)17-11-13(2)10-14(3)12-17/h6-12,18H,5H2,1-4H3/t18?,22-,23-/m1/s1. The highest BCUT2D eigenvalue weighted by molar-refractivity contribution is 9.10. The second-order valence-electron chi connectivity index (χ2n) is 8.00. The molecule has 2 aliphatic rings. The Kier molecular flexibility index (Phi) is 4.46. The molecule has 150 valence electrons. The maximum Gasteiger partial charge on any atom is 0.318 e. The second-order valence-corrected chi connectivity index (χ2v) is 8.91. The first-order valence-electron chi connectivity index (χ1n) is 9.59. The summed E-state index contributed by atoms with van der Waals surface area (Å²) in [7, 11) is 0. The van der Waals surface area contributed by atoms with Gasteiger partial charge in [0, 0.05) is 4.47 Å². The SMILES string of the molecule is CCOC(=O)[C@@]1(c2ccc(Br)cc2)C2C(=O)N(c3cc(C)cc(C)c3)C(=O)[C@@]21C. The fourth-order valence-electron chi connectivity index (χ4n) is 5.00. The quantitative estimate of drug-likeness (QED) is 0.514. The third kappa shape index (κ3) is 2.48. The fraction of sp³-hybridized carbons (Fsp3) is 0.348. The third-order valence-corrected chi connectivity index (χ3v) is 6.75.